The number of rotatable bonds is 4. The van der Waals surface area contributed by atoms with E-state index in [0.29, 0.717) is 43.4 Å². The van der Waals surface area contributed by atoms with Gasteiger partial charge in [-0.1, -0.05) is 48.5 Å². The van der Waals surface area contributed by atoms with Crippen LogP contribution in [-0.2, 0) is 16.4 Å². The molecule has 3 heterocycles. The molecule has 9 heteroatoms. The highest BCUT2D eigenvalue weighted by atomic mass is 32.2. The highest BCUT2D eigenvalue weighted by Gasteiger charge is 2.35. The summed E-state index contributed by atoms with van der Waals surface area (Å²) >= 11 is 0. The minimum Gasteiger partial charge on any atom is -0.335 e. The monoisotopic (exact) mass is 466 g/mol. The van der Waals surface area contributed by atoms with Crippen molar-refractivity contribution in [2.24, 2.45) is 0 Å². The molecule has 8 nitrogen and oxygen atoms in total. The number of amides is 1. The molecule has 1 amide bonds. The fourth-order valence-corrected chi connectivity index (χ4v) is 6.52. The van der Waals surface area contributed by atoms with Crippen LogP contribution in [0.3, 0.4) is 0 Å². The van der Waals surface area contributed by atoms with Crippen molar-refractivity contribution in [2.75, 3.05) is 37.7 Å². The predicted molar refractivity (Wildman–Crippen MR) is 126 cm³/mol. The molecule has 2 aromatic carbocycles. The normalized spacial score (nSPS) is 20.8. The van der Waals surface area contributed by atoms with Gasteiger partial charge >= 0.3 is 0 Å². The number of nitrogens with zero attached hydrogens (tertiary/aromatic N) is 4. The first-order valence-corrected chi connectivity index (χ1v) is 13.0. The van der Waals surface area contributed by atoms with Gasteiger partial charge in [-0.25, -0.2) is 13.1 Å². The Hall–Kier alpha value is -3.04. The topological polar surface area (TPSA) is 92.6 Å². The zero-order valence-electron chi connectivity index (χ0n) is 18.3. The first kappa shape index (κ1) is 21.8. The first-order chi connectivity index (χ1) is 15.9. The van der Waals surface area contributed by atoms with E-state index < -0.39 is 9.84 Å². The second kappa shape index (κ2) is 8.72. The van der Waals surface area contributed by atoms with Crippen molar-refractivity contribution in [3.8, 4) is 0 Å². The van der Waals surface area contributed by atoms with Crippen LogP contribution < -0.4 is 5.56 Å². The maximum atomic E-state index is 13.5. The molecule has 0 unspecified atom stereocenters. The summed E-state index contributed by atoms with van der Waals surface area (Å²) in [6.45, 7) is 2.56. The fourth-order valence-electron chi connectivity index (χ4n) is 4.76. The van der Waals surface area contributed by atoms with Crippen LogP contribution >= 0.6 is 0 Å². The van der Waals surface area contributed by atoms with Crippen molar-refractivity contribution < 1.29 is 13.2 Å². The zero-order chi connectivity index (χ0) is 23.0. The van der Waals surface area contributed by atoms with E-state index in [1.165, 1.54) is 4.68 Å². The third-order valence-corrected chi connectivity index (χ3v) is 8.32. The zero-order valence-corrected chi connectivity index (χ0v) is 19.1. The number of hydrogen-bond donors (Lipinski definition) is 0. The Balaban J connectivity index is 1.40. The van der Waals surface area contributed by atoms with Gasteiger partial charge in [0.1, 0.15) is 0 Å². The summed E-state index contributed by atoms with van der Waals surface area (Å²) < 4.78 is 25.0. The van der Waals surface area contributed by atoms with Gasteiger partial charge in [0.2, 0.25) is 0 Å². The summed E-state index contributed by atoms with van der Waals surface area (Å²) in [4.78, 5) is 30.5. The molecule has 2 aliphatic heterocycles. The molecular formula is C24H26N4O4S. The van der Waals surface area contributed by atoms with Gasteiger partial charge in [-0.3, -0.25) is 14.5 Å². The summed E-state index contributed by atoms with van der Waals surface area (Å²) in [6.07, 6.45) is 0.660. The lowest BCUT2D eigenvalue weighted by Crippen LogP contribution is -2.52. The molecule has 0 aliphatic carbocycles. The molecule has 2 fully saturated rings. The Morgan fingerprint density at radius 3 is 2.27 bits per heavy atom. The van der Waals surface area contributed by atoms with Crippen molar-refractivity contribution >= 4 is 26.5 Å². The number of carbonyl (C=O) groups is 1. The smallest absolute Gasteiger partial charge is 0.275 e. The van der Waals surface area contributed by atoms with Crippen LogP contribution in [0.2, 0.25) is 0 Å². The quantitative estimate of drug-likeness (QED) is 0.577. The number of fused-ring (bicyclic) bond motifs is 1. The van der Waals surface area contributed by atoms with Crippen molar-refractivity contribution in [1.29, 1.82) is 0 Å². The fraction of sp³-hybridized carbons (Fsp3) is 0.375. The van der Waals surface area contributed by atoms with Gasteiger partial charge in [-0.2, -0.15) is 5.10 Å². The van der Waals surface area contributed by atoms with Crippen molar-refractivity contribution in [3.05, 3.63) is 76.2 Å². The summed E-state index contributed by atoms with van der Waals surface area (Å²) in [5.41, 5.74) is 0.984. The van der Waals surface area contributed by atoms with Crippen LogP contribution in [0.4, 0.5) is 0 Å². The SMILES string of the molecule is O=C(c1nn(Cc2ccccc2)c(=O)c2ccccc12)N1CCN([C@@H]2CCS(=O)(=O)C2)CC1. The van der Waals surface area contributed by atoms with Crippen molar-refractivity contribution in [1.82, 2.24) is 19.6 Å². The van der Waals surface area contributed by atoms with Crippen molar-refractivity contribution in [2.45, 2.75) is 19.0 Å². The maximum Gasteiger partial charge on any atom is 0.275 e. The van der Waals surface area contributed by atoms with E-state index in [4.69, 9.17) is 0 Å². The average molecular weight is 467 g/mol. The molecule has 33 heavy (non-hydrogen) atoms. The van der Waals surface area contributed by atoms with Crippen LogP contribution in [0.25, 0.3) is 10.8 Å². The number of hydrogen-bond acceptors (Lipinski definition) is 6. The molecule has 1 aromatic heterocycles. The molecule has 0 bridgehead atoms. The number of sulfone groups is 1. The minimum absolute atomic E-state index is 0.0407. The molecule has 2 aliphatic rings. The summed E-state index contributed by atoms with van der Waals surface area (Å²) in [5, 5.41) is 5.54. The lowest BCUT2D eigenvalue weighted by molar-refractivity contribution is 0.0582. The van der Waals surface area contributed by atoms with Gasteiger partial charge in [0.05, 0.1) is 23.4 Å². The maximum absolute atomic E-state index is 13.5. The molecule has 0 saturated carbocycles. The van der Waals surface area contributed by atoms with Gasteiger partial charge in [-0.15, -0.1) is 0 Å². The second-order valence-electron chi connectivity index (χ2n) is 8.73. The van der Waals surface area contributed by atoms with Gasteiger partial charge < -0.3 is 4.90 Å². The summed E-state index contributed by atoms with van der Waals surface area (Å²) in [6, 6.07) is 16.7. The van der Waals surface area contributed by atoms with Crippen molar-refractivity contribution in [3.63, 3.8) is 0 Å². The van der Waals surface area contributed by atoms with Crippen LogP contribution in [-0.4, -0.2) is 77.6 Å². The Bertz CT molecular complexity index is 1350. The van der Waals surface area contributed by atoms with Crippen LogP contribution in [0.15, 0.2) is 59.4 Å². The minimum atomic E-state index is -2.94. The molecule has 5 rings (SSSR count). The molecular weight excluding hydrogens is 440 g/mol. The first-order valence-electron chi connectivity index (χ1n) is 11.2. The third-order valence-electron chi connectivity index (χ3n) is 6.57. The largest absolute Gasteiger partial charge is 0.335 e. The van der Waals surface area contributed by atoms with Crippen LogP contribution in [0.1, 0.15) is 22.5 Å². The van der Waals surface area contributed by atoms with Gasteiger partial charge in [0.15, 0.2) is 15.5 Å². The van der Waals surface area contributed by atoms with E-state index >= 15 is 0 Å². The highest BCUT2D eigenvalue weighted by Crippen LogP contribution is 2.21. The molecule has 0 radical (unpaired) electrons. The van der Waals surface area contributed by atoms with Gasteiger partial charge in [0.25, 0.3) is 11.5 Å². The Morgan fingerprint density at radius 1 is 0.939 bits per heavy atom. The van der Waals surface area contributed by atoms with Gasteiger partial charge in [0, 0.05) is 37.6 Å². The van der Waals surface area contributed by atoms with Crippen LogP contribution in [0.5, 0.6) is 0 Å². The number of carbonyl (C=O) groups excluding carboxylic acids is 1. The highest BCUT2D eigenvalue weighted by molar-refractivity contribution is 7.91. The Morgan fingerprint density at radius 2 is 1.61 bits per heavy atom. The standard InChI is InChI=1S/C24H26N4O4S/c29-23-21-9-5-4-8-20(21)22(25-28(23)16-18-6-2-1-3-7-18)24(30)27-13-11-26(12-14-27)19-10-15-33(31,32)17-19/h1-9,19H,10-17H2/t19-/m1/s1. The average Bonchev–Trinajstić information content (AvgIpc) is 3.21. The lowest BCUT2D eigenvalue weighted by Gasteiger charge is -2.37. The number of benzene rings is 2. The lowest BCUT2D eigenvalue weighted by atomic mass is 10.1. The number of piperazine rings is 1. The van der Waals surface area contributed by atoms with E-state index in [1.54, 1.807) is 29.2 Å². The summed E-state index contributed by atoms with van der Waals surface area (Å²) in [7, 11) is -2.94. The van der Waals surface area contributed by atoms with Crippen LogP contribution in [0, 0.1) is 0 Å². The Kier molecular flexibility index (Phi) is 5.76. The number of aromatic nitrogens is 2. The Labute approximate surface area is 192 Å². The van der Waals surface area contributed by atoms with E-state index in [1.807, 2.05) is 30.3 Å². The molecule has 3 aromatic rings. The third kappa shape index (κ3) is 4.43. The molecule has 0 N–H and O–H groups in total. The second-order valence-corrected chi connectivity index (χ2v) is 11.0. The van der Waals surface area contributed by atoms with E-state index in [9.17, 15) is 18.0 Å². The van der Waals surface area contributed by atoms with E-state index in [-0.39, 0.29) is 41.3 Å². The van der Waals surface area contributed by atoms with E-state index in [2.05, 4.69) is 10.00 Å². The molecule has 0 spiro atoms. The van der Waals surface area contributed by atoms with Gasteiger partial charge in [-0.05, 0) is 18.1 Å². The van der Waals surface area contributed by atoms with E-state index in [0.717, 1.165) is 5.56 Å². The molecule has 172 valence electrons. The molecule has 2 saturated heterocycles. The summed E-state index contributed by atoms with van der Waals surface area (Å²) in [5.74, 6) is 0.250. The predicted octanol–water partition coefficient (Wildman–Crippen LogP) is 1.39. The molecule has 1 atom stereocenters.